The molecule has 0 saturated carbocycles. The van der Waals surface area contributed by atoms with Crippen LogP contribution in [0.2, 0.25) is 5.02 Å². The number of pyridine rings is 1. The zero-order chi connectivity index (χ0) is 27.5. The van der Waals surface area contributed by atoms with Gasteiger partial charge in [-0.2, -0.15) is 4.98 Å². The van der Waals surface area contributed by atoms with Crippen molar-refractivity contribution >= 4 is 52.2 Å². The highest BCUT2D eigenvalue weighted by atomic mass is 35.5. The van der Waals surface area contributed by atoms with E-state index in [0.717, 1.165) is 78.6 Å². The molecule has 4 aromatic rings. The van der Waals surface area contributed by atoms with E-state index < -0.39 is 0 Å². The minimum atomic E-state index is 0.0348. The Morgan fingerprint density at radius 2 is 1.90 bits per heavy atom. The van der Waals surface area contributed by atoms with E-state index in [1.165, 1.54) is 0 Å². The Labute approximate surface area is 237 Å². The first-order valence-electron chi connectivity index (χ1n) is 13.5. The van der Waals surface area contributed by atoms with Crippen LogP contribution in [0.25, 0.3) is 0 Å². The molecule has 0 radical (unpaired) electrons. The van der Waals surface area contributed by atoms with E-state index in [4.69, 9.17) is 11.6 Å². The first-order valence-corrected chi connectivity index (χ1v) is 13.8. The number of aromatic nitrogens is 5. The van der Waals surface area contributed by atoms with Gasteiger partial charge in [-0.3, -0.25) is 9.78 Å². The fourth-order valence-electron chi connectivity index (χ4n) is 5.20. The maximum Gasteiger partial charge on any atom is 0.229 e. The maximum absolute atomic E-state index is 13.2. The summed E-state index contributed by atoms with van der Waals surface area (Å²) in [4.78, 5) is 37.4. The molecule has 0 unspecified atom stereocenters. The van der Waals surface area contributed by atoms with Gasteiger partial charge in [0.1, 0.15) is 16.7 Å². The number of carbonyl (C=O) groups is 1. The van der Waals surface area contributed by atoms with Crippen molar-refractivity contribution in [2.45, 2.75) is 39.0 Å². The van der Waals surface area contributed by atoms with Crippen molar-refractivity contribution in [1.29, 1.82) is 0 Å². The Bertz CT molecular complexity index is 1540. The lowest BCUT2D eigenvalue weighted by Crippen LogP contribution is -2.35. The highest BCUT2D eigenvalue weighted by Crippen LogP contribution is 2.30. The number of fused-ring (bicyclic) bond motifs is 6. The molecule has 0 atom stereocenters. The molecule has 2 aliphatic rings. The van der Waals surface area contributed by atoms with Gasteiger partial charge in [-0.25, -0.2) is 15.0 Å². The SMILES string of the molecule is Cc1nccc(N2CCC(CC(=O)Nc3ccc4cc3CCc3cncc(c3)Nc3ncc(Cl)c(n3)N4)CC2)n1. The molecule has 1 aromatic carbocycles. The molecule has 10 nitrogen and oxygen atoms in total. The number of benzene rings is 1. The van der Waals surface area contributed by atoms with Crippen LogP contribution < -0.4 is 20.9 Å². The third kappa shape index (κ3) is 6.12. The molecule has 5 heterocycles. The molecular formula is C29H30ClN9O. The maximum atomic E-state index is 13.2. The molecule has 0 aliphatic carbocycles. The number of carbonyl (C=O) groups excluding carboxylic acids is 1. The quantitative estimate of drug-likeness (QED) is 0.301. The molecular weight excluding hydrogens is 526 g/mol. The van der Waals surface area contributed by atoms with Crippen molar-refractivity contribution in [3.05, 3.63) is 77.1 Å². The van der Waals surface area contributed by atoms with Crippen LogP contribution in [-0.2, 0) is 17.6 Å². The lowest BCUT2D eigenvalue weighted by molar-refractivity contribution is -0.117. The molecule has 3 aromatic heterocycles. The first kappa shape index (κ1) is 25.9. The Balaban J connectivity index is 1.16. The molecule has 3 N–H and O–H groups in total. The Kier molecular flexibility index (Phi) is 7.41. The van der Waals surface area contributed by atoms with Crippen LogP contribution in [0.1, 0.15) is 36.2 Å². The van der Waals surface area contributed by atoms with Crippen LogP contribution in [0.3, 0.4) is 0 Å². The second-order valence-electron chi connectivity index (χ2n) is 10.2. The summed E-state index contributed by atoms with van der Waals surface area (Å²) in [5.74, 6) is 3.02. The lowest BCUT2D eigenvalue weighted by Gasteiger charge is -2.32. The van der Waals surface area contributed by atoms with Crippen molar-refractivity contribution in [2.24, 2.45) is 5.92 Å². The monoisotopic (exact) mass is 555 g/mol. The number of aryl methyl sites for hydroxylation is 3. The number of halogens is 1. The summed E-state index contributed by atoms with van der Waals surface area (Å²) in [5, 5.41) is 10.1. The second-order valence-corrected chi connectivity index (χ2v) is 10.6. The van der Waals surface area contributed by atoms with Gasteiger partial charge in [-0.15, -0.1) is 0 Å². The minimum Gasteiger partial charge on any atom is -0.356 e. The number of anilines is 6. The zero-order valence-corrected chi connectivity index (χ0v) is 22.9. The molecule has 1 amide bonds. The Morgan fingerprint density at radius 3 is 2.75 bits per heavy atom. The van der Waals surface area contributed by atoms with E-state index in [1.54, 1.807) is 18.6 Å². The fraction of sp³-hybridized carbons (Fsp3) is 0.310. The third-order valence-electron chi connectivity index (χ3n) is 7.29. The van der Waals surface area contributed by atoms with Gasteiger partial charge in [0.05, 0.1) is 18.1 Å². The summed E-state index contributed by atoms with van der Waals surface area (Å²) in [7, 11) is 0. The van der Waals surface area contributed by atoms with Crippen molar-refractivity contribution < 1.29 is 4.79 Å². The van der Waals surface area contributed by atoms with Crippen LogP contribution in [0.5, 0.6) is 0 Å². The molecule has 11 heteroatoms. The predicted octanol–water partition coefficient (Wildman–Crippen LogP) is 5.45. The first-order chi connectivity index (χ1) is 19.5. The minimum absolute atomic E-state index is 0.0348. The van der Waals surface area contributed by atoms with Crippen LogP contribution in [0.4, 0.5) is 34.6 Å². The lowest BCUT2D eigenvalue weighted by atomic mass is 9.93. The summed E-state index contributed by atoms with van der Waals surface area (Å²) in [6.07, 6.45) is 10.8. The van der Waals surface area contributed by atoms with E-state index in [2.05, 4.69) is 45.8 Å². The van der Waals surface area contributed by atoms with Gasteiger partial charge in [-0.05, 0) is 80.0 Å². The van der Waals surface area contributed by atoms with E-state index in [9.17, 15) is 4.79 Å². The van der Waals surface area contributed by atoms with Crippen molar-refractivity contribution in [3.63, 3.8) is 0 Å². The number of hydrogen-bond donors (Lipinski definition) is 3. The number of rotatable bonds is 4. The Morgan fingerprint density at radius 1 is 1.02 bits per heavy atom. The smallest absolute Gasteiger partial charge is 0.229 e. The zero-order valence-electron chi connectivity index (χ0n) is 22.2. The fourth-order valence-corrected chi connectivity index (χ4v) is 5.34. The topological polar surface area (TPSA) is 121 Å². The van der Waals surface area contributed by atoms with Gasteiger partial charge in [0.25, 0.3) is 0 Å². The molecule has 0 spiro atoms. The van der Waals surface area contributed by atoms with Gasteiger partial charge in [-0.1, -0.05) is 11.6 Å². The van der Waals surface area contributed by atoms with Gasteiger partial charge in [0.15, 0.2) is 5.82 Å². The molecule has 204 valence electrons. The van der Waals surface area contributed by atoms with Crippen LogP contribution in [0, 0.1) is 12.8 Å². The van der Waals surface area contributed by atoms with Crippen molar-refractivity contribution in [3.8, 4) is 0 Å². The van der Waals surface area contributed by atoms with E-state index in [-0.39, 0.29) is 5.91 Å². The van der Waals surface area contributed by atoms with E-state index >= 15 is 0 Å². The second kappa shape index (κ2) is 11.4. The number of amides is 1. The largest absolute Gasteiger partial charge is 0.356 e. The number of piperidine rings is 1. The highest BCUT2D eigenvalue weighted by molar-refractivity contribution is 6.32. The molecule has 40 heavy (non-hydrogen) atoms. The Hall–Kier alpha value is -4.31. The summed E-state index contributed by atoms with van der Waals surface area (Å²) in [6, 6.07) is 9.89. The van der Waals surface area contributed by atoms with Gasteiger partial charge in [0, 0.05) is 43.3 Å². The van der Waals surface area contributed by atoms with Crippen LogP contribution in [0.15, 0.2) is 55.1 Å². The normalized spacial score (nSPS) is 15.1. The highest BCUT2D eigenvalue weighted by Gasteiger charge is 2.23. The summed E-state index contributed by atoms with van der Waals surface area (Å²) in [5.41, 5.74) is 4.54. The number of nitrogens with one attached hydrogen (secondary N) is 3. The number of nitrogens with zero attached hydrogens (tertiary/aromatic N) is 6. The van der Waals surface area contributed by atoms with E-state index in [0.29, 0.717) is 29.1 Å². The molecule has 6 bridgehead atoms. The van der Waals surface area contributed by atoms with Crippen LogP contribution >= 0.6 is 11.6 Å². The van der Waals surface area contributed by atoms with Crippen LogP contribution in [-0.4, -0.2) is 43.9 Å². The van der Waals surface area contributed by atoms with Crippen molar-refractivity contribution in [1.82, 2.24) is 24.9 Å². The molecule has 1 saturated heterocycles. The summed E-state index contributed by atoms with van der Waals surface area (Å²) >= 11 is 6.38. The molecule has 2 aliphatic heterocycles. The van der Waals surface area contributed by atoms with Crippen molar-refractivity contribution in [2.75, 3.05) is 33.9 Å². The summed E-state index contributed by atoms with van der Waals surface area (Å²) < 4.78 is 0. The predicted molar refractivity (Wildman–Crippen MR) is 157 cm³/mol. The van der Waals surface area contributed by atoms with E-state index in [1.807, 2.05) is 43.5 Å². The average Bonchev–Trinajstić information content (AvgIpc) is 2.95. The van der Waals surface area contributed by atoms with Gasteiger partial charge >= 0.3 is 0 Å². The third-order valence-corrected chi connectivity index (χ3v) is 7.57. The van der Waals surface area contributed by atoms with Gasteiger partial charge < -0.3 is 20.9 Å². The number of hydrogen-bond acceptors (Lipinski definition) is 9. The summed E-state index contributed by atoms with van der Waals surface area (Å²) in [6.45, 7) is 3.67. The molecule has 6 rings (SSSR count). The average molecular weight is 556 g/mol. The van der Waals surface area contributed by atoms with Gasteiger partial charge in [0.2, 0.25) is 11.9 Å². The molecule has 1 fully saturated rings. The standard InChI is InChI=1S/C29H30ClN9O/c1-18-32-9-6-26(34-18)39-10-7-19(8-11-39)13-27(40)37-25-5-4-22-14-21(25)3-2-20-12-23(16-31-15-20)36-29-33-17-24(30)28(35-22)38-29/h4-6,9,12,14-17,19H,2-3,7-8,10-11,13H2,1H3,(H,37,40)(H2,33,35,36,38).